The van der Waals surface area contributed by atoms with Crippen molar-refractivity contribution in [3.05, 3.63) is 58.9 Å². The number of amides is 1. The van der Waals surface area contributed by atoms with Crippen LogP contribution in [0.1, 0.15) is 24.8 Å². The Balaban J connectivity index is 1.53. The molecular weight excluding hydrogens is 384 g/mol. The van der Waals surface area contributed by atoms with E-state index in [4.69, 9.17) is 9.47 Å². The topological polar surface area (TPSA) is 51.7 Å². The van der Waals surface area contributed by atoms with Gasteiger partial charge >= 0.3 is 0 Å². The minimum atomic E-state index is -0.440. The standard InChI is InChI=1S/C23H24N2O3S/c1-3-21-23(26)25(12-7-13-27-18-8-5-4-6-9-18)20-14-17(10-11-22(20)28-21)19-15-29-16(2)24-19/h4-6,8-11,14-15,21H,3,7,12-13H2,1-2H3. The van der Waals surface area contributed by atoms with Crippen LogP contribution in [0, 0.1) is 6.92 Å². The second kappa shape index (κ2) is 8.66. The summed E-state index contributed by atoms with van der Waals surface area (Å²) in [5, 5.41) is 3.06. The maximum atomic E-state index is 13.0. The number of aryl methyl sites for hydroxylation is 1. The first-order valence-electron chi connectivity index (χ1n) is 9.88. The van der Waals surface area contributed by atoms with Gasteiger partial charge in [0.1, 0.15) is 11.5 Å². The fourth-order valence-corrected chi connectivity index (χ4v) is 4.02. The highest BCUT2D eigenvalue weighted by Gasteiger charge is 2.33. The number of para-hydroxylation sites is 1. The van der Waals surface area contributed by atoms with Crippen molar-refractivity contribution < 1.29 is 14.3 Å². The van der Waals surface area contributed by atoms with Gasteiger partial charge in [0.2, 0.25) is 0 Å². The van der Waals surface area contributed by atoms with Crippen LogP contribution in [-0.2, 0) is 4.79 Å². The number of hydrogen-bond acceptors (Lipinski definition) is 5. The van der Waals surface area contributed by atoms with E-state index in [1.807, 2.05) is 72.7 Å². The Hall–Kier alpha value is -2.86. The highest BCUT2D eigenvalue weighted by Crippen LogP contribution is 2.38. The van der Waals surface area contributed by atoms with Gasteiger partial charge in [-0.3, -0.25) is 4.79 Å². The summed E-state index contributed by atoms with van der Waals surface area (Å²) in [4.78, 5) is 19.4. The van der Waals surface area contributed by atoms with Gasteiger partial charge in [-0.15, -0.1) is 11.3 Å². The van der Waals surface area contributed by atoms with Crippen LogP contribution in [0.2, 0.25) is 0 Å². The van der Waals surface area contributed by atoms with E-state index in [9.17, 15) is 4.79 Å². The van der Waals surface area contributed by atoms with E-state index >= 15 is 0 Å². The molecule has 1 aliphatic rings. The molecule has 0 fully saturated rings. The van der Waals surface area contributed by atoms with Crippen molar-refractivity contribution in [1.82, 2.24) is 4.98 Å². The molecule has 1 unspecified atom stereocenters. The number of thiazole rings is 1. The largest absolute Gasteiger partial charge is 0.494 e. The molecule has 4 rings (SSSR count). The second-order valence-electron chi connectivity index (χ2n) is 6.95. The number of carbonyl (C=O) groups excluding carboxylic acids is 1. The van der Waals surface area contributed by atoms with Gasteiger partial charge in [0.15, 0.2) is 6.10 Å². The molecule has 1 amide bonds. The summed E-state index contributed by atoms with van der Waals surface area (Å²) in [6, 6.07) is 15.7. The summed E-state index contributed by atoms with van der Waals surface area (Å²) < 4.78 is 11.7. The summed E-state index contributed by atoms with van der Waals surface area (Å²) >= 11 is 1.62. The molecule has 0 spiro atoms. The lowest BCUT2D eigenvalue weighted by Gasteiger charge is -2.34. The predicted octanol–water partition coefficient (Wildman–Crippen LogP) is 5.09. The Bertz CT molecular complexity index is 987. The zero-order valence-electron chi connectivity index (χ0n) is 16.6. The first-order chi connectivity index (χ1) is 14.2. The molecule has 2 aromatic carbocycles. The van der Waals surface area contributed by atoms with Gasteiger partial charge in [0.05, 0.1) is 23.0 Å². The van der Waals surface area contributed by atoms with E-state index < -0.39 is 6.10 Å². The van der Waals surface area contributed by atoms with E-state index in [0.717, 1.165) is 39.9 Å². The van der Waals surface area contributed by atoms with Crippen molar-refractivity contribution in [2.45, 2.75) is 32.8 Å². The van der Waals surface area contributed by atoms with Crippen LogP contribution in [0.3, 0.4) is 0 Å². The molecule has 1 atom stereocenters. The SMILES string of the molecule is CCC1Oc2ccc(-c3csc(C)n3)cc2N(CCCOc2ccccc2)C1=O. The molecule has 0 aliphatic carbocycles. The number of hydrogen-bond donors (Lipinski definition) is 0. The Morgan fingerprint density at radius 1 is 1.21 bits per heavy atom. The van der Waals surface area contributed by atoms with Crippen molar-refractivity contribution in [3.8, 4) is 22.8 Å². The summed E-state index contributed by atoms with van der Waals surface area (Å²) in [5.74, 6) is 1.59. The van der Waals surface area contributed by atoms with Crippen LogP contribution in [0.4, 0.5) is 5.69 Å². The summed E-state index contributed by atoms with van der Waals surface area (Å²) in [5.41, 5.74) is 2.72. The third-order valence-corrected chi connectivity index (χ3v) is 5.66. The summed E-state index contributed by atoms with van der Waals surface area (Å²) in [6.07, 6.45) is 0.934. The number of anilines is 1. The van der Waals surface area contributed by atoms with Gasteiger partial charge in [-0.2, -0.15) is 0 Å². The molecule has 1 aromatic heterocycles. The van der Waals surface area contributed by atoms with Crippen LogP contribution < -0.4 is 14.4 Å². The van der Waals surface area contributed by atoms with Crippen molar-refractivity contribution in [1.29, 1.82) is 0 Å². The van der Waals surface area contributed by atoms with Crippen molar-refractivity contribution in [2.75, 3.05) is 18.1 Å². The first-order valence-corrected chi connectivity index (χ1v) is 10.8. The molecule has 6 heteroatoms. The normalized spacial score (nSPS) is 15.7. The predicted molar refractivity (Wildman–Crippen MR) is 116 cm³/mol. The number of carbonyl (C=O) groups is 1. The minimum absolute atomic E-state index is 0.00585. The molecule has 29 heavy (non-hydrogen) atoms. The Kier molecular flexibility index (Phi) is 5.81. The fraction of sp³-hybridized carbons (Fsp3) is 0.304. The van der Waals surface area contributed by atoms with Crippen LogP contribution in [0.5, 0.6) is 11.5 Å². The molecule has 0 bridgehead atoms. The Morgan fingerprint density at radius 3 is 2.76 bits per heavy atom. The van der Waals surface area contributed by atoms with Gasteiger partial charge in [0, 0.05) is 17.5 Å². The van der Waals surface area contributed by atoms with E-state index in [0.29, 0.717) is 19.6 Å². The average Bonchev–Trinajstić information content (AvgIpc) is 3.19. The molecule has 0 radical (unpaired) electrons. The molecule has 150 valence electrons. The number of ether oxygens (including phenoxy) is 2. The van der Waals surface area contributed by atoms with Crippen molar-refractivity contribution in [2.24, 2.45) is 0 Å². The van der Waals surface area contributed by atoms with Crippen molar-refractivity contribution >= 4 is 22.9 Å². The van der Waals surface area contributed by atoms with Gasteiger partial charge in [-0.25, -0.2) is 4.98 Å². The average molecular weight is 409 g/mol. The third kappa shape index (κ3) is 4.27. The van der Waals surface area contributed by atoms with Gasteiger partial charge < -0.3 is 14.4 Å². The quantitative estimate of drug-likeness (QED) is 0.511. The highest BCUT2D eigenvalue weighted by atomic mass is 32.1. The lowest BCUT2D eigenvalue weighted by atomic mass is 10.1. The molecular formula is C23H24N2O3S. The molecule has 0 saturated carbocycles. The number of benzene rings is 2. The number of aromatic nitrogens is 1. The van der Waals surface area contributed by atoms with Crippen LogP contribution in [-0.4, -0.2) is 30.1 Å². The van der Waals surface area contributed by atoms with Gasteiger partial charge in [-0.1, -0.05) is 25.1 Å². The molecule has 2 heterocycles. The van der Waals surface area contributed by atoms with Gasteiger partial charge in [0.25, 0.3) is 5.91 Å². The molecule has 5 nitrogen and oxygen atoms in total. The smallest absolute Gasteiger partial charge is 0.268 e. The fourth-order valence-electron chi connectivity index (χ4n) is 3.40. The monoisotopic (exact) mass is 408 g/mol. The number of fused-ring (bicyclic) bond motifs is 1. The Labute approximate surface area is 174 Å². The van der Waals surface area contributed by atoms with E-state index in [-0.39, 0.29) is 5.91 Å². The second-order valence-corrected chi connectivity index (χ2v) is 8.02. The molecule has 0 saturated heterocycles. The lowest BCUT2D eigenvalue weighted by Crippen LogP contribution is -2.46. The molecule has 0 N–H and O–H groups in total. The molecule has 1 aliphatic heterocycles. The van der Waals surface area contributed by atoms with E-state index in [1.54, 1.807) is 11.3 Å². The van der Waals surface area contributed by atoms with E-state index in [2.05, 4.69) is 4.98 Å². The van der Waals surface area contributed by atoms with E-state index in [1.165, 1.54) is 0 Å². The van der Waals surface area contributed by atoms with Crippen LogP contribution in [0.25, 0.3) is 11.3 Å². The van der Waals surface area contributed by atoms with Crippen LogP contribution >= 0.6 is 11.3 Å². The zero-order chi connectivity index (χ0) is 20.2. The third-order valence-electron chi connectivity index (χ3n) is 4.88. The Morgan fingerprint density at radius 2 is 2.03 bits per heavy atom. The lowest BCUT2D eigenvalue weighted by molar-refractivity contribution is -0.126. The molecule has 3 aromatic rings. The summed E-state index contributed by atoms with van der Waals surface area (Å²) in [7, 11) is 0. The van der Waals surface area contributed by atoms with Crippen LogP contribution in [0.15, 0.2) is 53.9 Å². The maximum absolute atomic E-state index is 13.0. The maximum Gasteiger partial charge on any atom is 0.268 e. The minimum Gasteiger partial charge on any atom is -0.494 e. The number of rotatable bonds is 7. The first kappa shape index (κ1) is 19.5. The zero-order valence-corrected chi connectivity index (χ0v) is 17.4. The number of nitrogens with zero attached hydrogens (tertiary/aromatic N) is 2. The van der Waals surface area contributed by atoms with Gasteiger partial charge in [-0.05, 0) is 50.1 Å². The summed E-state index contributed by atoms with van der Waals surface area (Å²) in [6.45, 7) is 5.09. The van der Waals surface area contributed by atoms with Crippen molar-refractivity contribution in [3.63, 3.8) is 0 Å². The highest BCUT2D eigenvalue weighted by molar-refractivity contribution is 7.09.